The van der Waals surface area contributed by atoms with Crippen molar-refractivity contribution >= 4 is 44.6 Å². The molecule has 0 fully saturated rings. The fraction of sp³-hybridized carbons (Fsp3) is 0.500. The summed E-state index contributed by atoms with van der Waals surface area (Å²) in [5, 5.41) is -5.91. The Bertz CT molecular complexity index is 841. The van der Waals surface area contributed by atoms with E-state index in [9.17, 15) is 44.5 Å². The number of halogens is 6. The third-order valence-corrected chi connectivity index (χ3v) is 5.11. The summed E-state index contributed by atoms with van der Waals surface area (Å²) in [6.45, 7) is 0.00754. The molecule has 0 aliphatic heterocycles. The average molecular weight is 573 g/mol. The number of hydrogen-bond acceptors (Lipinski definition) is 7. The maximum absolute atomic E-state index is 13.2. The molecule has 7 nitrogen and oxygen atoms in total. The first kappa shape index (κ1) is 26.5. The molecule has 14 heteroatoms. The molecule has 0 aromatic heterocycles. The van der Waals surface area contributed by atoms with Gasteiger partial charge in [0, 0.05) is 22.8 Å². The molecule has 1 aromatic carbocycles. The van der Waals surface area contributed by atoms with Crippen LogP contribution in [0.3, 0.4) is 0 Å². The standard InChI is InChI=1S/C16H16F5IO7S/c17-15(18,19)14(16(20,21)30(25,26)27)29-13(24)3-1-2-12(23)28-9-8-10-4-6-11(22)7-5-10/h4-7,14H,1-3,8-9H2,(H,25,26,27)/p-1. The number of rotatable bonds is 10. The summed E-state index contributed by atoms with van der Waals surface area (Å²) in [5.74, 6) is -2.64. The van der Waals surface area contributed by atoms with E-state index in [0.717, 1.165) is 9.13 Å². The monoisotopic (exact) mass is 573 g/mol. The van der Waals surface area contributed by atoms with E-state index in [0.29, 0.717) is 6.42 Å². The first-order chi connectivity index (χ1) is 13.6. The van der Waals surface area contributed by atoms with Crippen LogP contribution in [0.25, 0.3) is 0 Å². The van der Waals surface area contributed by atoms with Crippen LogP contribution < -0.4 is 0 Å². The number of ether oxygens (including phenoxy) is 2. The number of carbonyl (C=O) groups excluding carboxylic acids is 2. The van der Waals surface area contributed by atoms with Crippen molar-refractivity contribution in [3.63, 3.8) is 0 Å². The summed E-state index contributed by atoms with van der Waals surface area (Å²) >= 11 is 2.11. The van der Waals surface area contributed by atoms with Gasteiger partial charge in [-0.2, -0.15) is 22.0 Å². The number of esters is 2. The average Bonchev–Trinajstić information content (AvgIpc) is 2.59. The number of benzene rings is 1. The molecule has 0 radical (unpaired) electrons. The molecule has 0 saturated heterocycles. The van der Waals surface area contributed by atoms with E-state index in [1.54, 1.807) is 0 Å². The van der Waals surface area contributed by atoms with Crippen molar-refractivity contribution < 1.29 is 54.0 Å². The highest BCUT2D eigenvalue weighted by Gasteiger charge is 2.62. The molecule has 0 amide bonds. The molecular formula is C16H15F5IO7S-. The second-order valence-electron chi connectivity index (χ2n) is 5.88. The minimum absolute atomic E-state index is 0.00754. The highest BCUT2D eigenvalue weighted by molar-refractivity contribution is 14.1. The van der Waals surface area contributed by atoms with Gasteiger partial charge in [0.05, 0.1) is 6.61 Å². The molecule has 30 heavy (non-hydrogen) atoms. The molecule has 0 saturated carbocycles. The van der Waals surface area contributed by atoms with Gasteiger partial charge in [-0.05, 0) is 46.7 Å². The minimum atomic E-state index is -6.76. The van der Waals surface area contributed by atoms with E-state index < -0.39 is 58.9 Å². The van der Waals surface area contributed by atoms with Crippen molar-refractivity contribution in [3.05, 3.63) is 33.4 Å². The molecular weight excluding hydrogens is 558 g/mol. The lowest BCUT2D eigenvalue weighted by Crippen LogP contribution is -2.52. The van der Waals surface area contributed by atoms with Gasteiger partial charge in [-0.25, -0.2) is 8.42 Å². The third kappa shape index (κ3) is 8.29. The molecule has 1 aromatic rings. The summed E-state index contributed by atoms with van der Waals surface area (Å²) in [5.41, 5.74) is 0.888. The summed E-state index contributed by atoms with van der Waals surface area (Å²) < 4.78 is 105. The van der Waals surface area contributed by atoms with Crippen LogP contribution in [-0.4, -0.2) is 49.1 Å². The van der Waals surface area contributed by atoms with Gasteiger partial charge in [0.2, 0.25) is 0 Å². The topological polar surface area (TPSA) is 110 Å². The van der Waals surface area contributed by atoms with Crippen molar-refractivity contribution in [3.8, 4) is 0 Å². The number of hydrogen-bond donors (Lipinski definition) is 0. The van der Waals surface area contributed by atoms with Crippen molar-refractivity contribution in [2.45, 2.75) is 43.2 Å². The van der Waals surface area contributed by atoms with Gasteiger partial charge in [-0.3, -0.25) is 9.59 Å². The zero-order valence-corrected chi connectivity index (χ0v) is 17.9. The predicted molar refractivity (Wildman–Crippen MR) is 98.3 cm³/mol. The Morgan fingerprint density at radius 2 is 1.57 bits per heavy atom. The molecule has 0 heterocycles. The Hall–Kier alpha value is -1.55. The molecule has 0 bridgehead atoms. The van der Waals surface area contributed by atoms with Crippen LogP contribution in [0.1, 0.15) is 24.8 Å². The van der Waals surface area contributed by atoms with Gasteiger partial charge >= 0.3 is 23.4 Å². The van der Waals surface area contributed by atoms with Crippen LogP contribution in [-0.2, 0) is 35.6 Å². The lowest BCUT2D eigenvalue weighted by Gasteiger charge is -2.29. The number of carbonyl (C=O) groups is 2. The predicted octanol–water partition coefficient (Wildman–Crippen LogP) is 3.16. The smallest absolute Gasteiger partial charge is 0.432 e. The van der Waals surface area contributed by atoms with Gasteiger partial charge in [0.1, 0.15) is 0 Å². The summed E-state index contributed by atoms with van der Waals surface area (Å²) in [7, 11) is -6.76. The van der Waals surface area contributed by atoms with Crippen LogP contribution >= 0.6 is 22.6 Å². The summed E-state index contributed by atoms with van der Waals surface area (Å²) in [6, 6.07) is 7.33. The number of alkyl halides is 5. The Labute approximate surface area is 181 Å². The Morgan fingerprint density at radius 3 is 2.07 bits per heavy atom. The lowest BCUT2D eigenvalue weighted by molar-refractivity contribution is -0.259. The maximum Gasteiger partial charge on any atom is 0.432 e. The van der Waals surface area contributed by atoms with Gasteiger partial charge in [0.15, 0.2) is 10.1 Å². The largest absolute Gasteiger partial charge is 0.743 e. The van der Waals surface area contributed by atoms with Crippen LogP contribution in [0, 0.1) is 3.57 Å². The zero-order valence-electron chi connectivity index (χ0n) is 15.0. The van der Waals surface area contributed by atoms with E-state index in [2.05, 4.69) is 27.3 Å². The third-order valence-electron chi connectivity index (χ3n) is 3.51. The van der Waals surface area contributed by atoms with Crippen molar-refractivity contribution in [2.75, 3.05) is 6.61 Å². The molecule has 0 aliphatic rings. The fourth-order valence-electron chi connectivity index (χ4n) is 2.03. The van der Waals surface area contributed by atoms with E-state index in [1.165, 1.54) is 0 Å². The van der Waals surface area contributed by atoms with Crippen LogP contribution in [0.5, 0.6) is 0 Å². The molecule has 0 aliphatic carbocycles. The van der Waals surface area contributed by atoms with E-state index in [4.69, 9.17) is 4.74 Å². The van der Waals surface area contributed by atoms with Crippen molar-refractivity contribution in [1.82, 2.24) is 0 Å². The first-order valence-electron chi connectivity index (χ1n) is 8.14. The van der Waals surface area contributed by atoms with E-state index in [-0.39, 0.29) is 6.61 Å². The molecule has 0 N–H and O–H groups in total. The van der Waals surface area contributed by atoms with E-state index >= 15 is 0 Å². The summed E-state index contributed by atoms with van der Waals surface area (Å²) in [6.07, 6.45) is -11.8. The Balaban J connectivity index is 2.46. The first-order valence-corrected chi connectivity index (χ1v) is 10.6. The van der Waals surface area contributed by atoms with Crippen molar-refractivity contribution in [2.24, 2.45) is 0 Å². The molecule has 1 atom stereocenters. The fourth-order valence-corrected chi connectivity index (χ4v) is 2.83. The Kier molecular flexibility index (Phi) is 9.41. The van der Waals surface area contributed by atoms with Crippen molar-refractivity contribution in [1.29, 1.82) is 0 Å². The highest BCUT2D eigenvalue weighted by atomic mass is 127. The van der Waals surface area contributed by atoms with Crippen LogP contribution in [0.4, 0.5) is 22.0 Å². The molecule has 0 spiro atoms. The quantitative estimate of drug-likeness (QED) is 0.183. The normalized spacial score (nSPS) is 13.6. The zero-order chi connectivity index (χ0) is 23.2. The second kappa shape index (κ2) is 10.7. The molecule has 1 rings (SSSR count). The van der Waals surface area contributed by atoms with Gasteiger partial charge < -0.3 is 14.0 Å². The maximum atomic E-state index is 13.2. The highest BCUT2D eigenvalue weighted by Crippen LogP contribution is 2.38. The molecule has 170 valence electrons. The van der Waals surface area contributed by atoms with Gasteiger partial charge in [-0.1, -0.05) is 12.1 Å². The van der Waals surface area contributed by atoms with Gasteiger partial charge in [0.25, 0.3) is 6.10 Å². The SMILES string of the molecule is O=C(CCCC(=O)OC(C(F)(F)F)C(F)(F)S(=O)(=O)[O-])OCCc1ccc(I)cc1. The van der Waals surface area contributed by atoms with Crippen LogP contribution in [0.2, 0.25) is 0 Å². The Morgan fingerprint density at radius 1 is 1.03 bits per heavy atom. The lowest BCUT2D eigenvalue weighted by atomic mass is 10.2. The second-order valence-corrected chi connectivity index (χ2v) is 8.58. The van der Waals surface area contributed by atoms with Crippen LogP contribution in [0.15, 0.2) is 24.3 Å². The molecule has 1 unspecified atom stereocenters. The minimum Gasteiger partial charge on any atom is -0.743 e. The summed E-state index contributed by atoms with van der Waals surface area (Å²) in [4.78, 5) is 22.9. The van der Waals surface area contributed by atoms with E-state index in [1.807, 2.05) is 24.3 Å². The van der Waals surface area contributed by atoms with Gasteiger partial charge in [-0.15, -0.1) is 0 Å².